The zero-order valence-corrected chi connectivity index (χ0v) is 10.9. The van der Waals surface area contributed by atoms with Crippen LogP contribution < -0.4 is 0 Å². The lowest BCUT2D eigenvalue weighted by Crippen LogP contribution is -2.08. The van der Waals surface area contributed by atoms with Crippen molar-refractivity contribution in [2.75, 3.05) is 0 Å². The zero-order valence-electron chi connectivity index (χ0n) is 10.9. The minimum absolute atomic E-state index is 0.0936. The number of aromatic nitrogens is 2. The fourth-order valence-electron chi connectivity index (χ4n) is 1.94. The van der Waals surface area contributed by atoms with Crippen molar-refractivity contribution in [2.24, 2.45) is 0 Å². The Morgan fingerprint density at radius 1 is 1.06 bits per heavy atom. The topological polar surface area (TPSA) is 42.9 Å². The molecule has 3 heteroatoms. The summed E-state index contributed by atoms with van der Waals surface area (Å²) >= 11 is 0. The van der Waals surface area contributed by atoms with Gasteiger partial charge in [0.05, 0.1) is 12.1 Å². The molecule has 2 aromatic rings. The number of carbonyl (C=O) groups is 1. The zero-order chi connectivity index (χ0) is 13.1. The van der Waals surface area contributed by atoms with Gasteiger partial charge in [-0.15, -0.1) is 0 Å². The summed E-state index contributed by atoms with van der Waals surface area (Å²) in [6, 6.07) is 4.02. The van der Waals surface area contributed by atoms with Crippen molar-refractivity contribution in [3.8, 4) is 0 Å². The summed E-state index contributed by atoms with van der Waals surface area (Å²) in [6.07, 6.45) is 5.15. The van der Waals surface area contributed by atoms with E-state index < -0.39 is 0 Å². The molecule has 0 bridgehead atoms. The van der Waals surface area contributed by atoms with Gasteiger partial charge in [0.15, 0.2) is 5.78 Å². The molecule has 18 heavy (non-hydrogen) atoms. The SMILES string of the molecule is Cc1cc(C)c(C(=O)Cc2cnccn2)cc1C. The van der Waals surface area contributed by atoms with Crippen LogP contribution >= 0.6 is 0 Å². The van der Waals surface area contributed by atoms with Crippen molar-refractivity contribution in [1.29, 1.82) is 0 Å². The van der Waals surface area contributed by atoms with E-state index in [1.54, 1.807) is 18.6 Å². The van der Waals surface area contributed by atoms with E-state index in [-0.39, 0.29) is 5.78 Å². The fraction of sp³-hybridized carbons (Fsp3) is 0.267. The van der Waals surface area contributed by atoms with Gasteiger partial charge in [-0.1, -0.05) is 6.07 Å². The van der Waals surface area contributed by atoms with Gasteiger partial charge in [0.2, 0.25) is 0 Å². The van der Waals surface area contributed by atoms with Crippen LogP contribution in [-0.2, 0) is 6.42 Å². The first-order valence-electron chi connectivity index (χ1n) is 5.94. The summed E-state index contributed by atoms with van der Waals surface area (Å²) in [5.41, 5.74) is 4.86. The van der Waals surface area contributed by atoms with Gasteiger partial charge in [0.1, 0.15) is 0 Å². The van der Waals surface area contributed by atoms with Crippen molar-refractivity contribution in [3.63, 3.8) is 0 Å². The Bertz CT molecular complexity index is 577. The first-order chi connectivity index (χ1) is 8.58. The third-order valence-electron chi connectivity index (χ3n) is 3.10. The summed E-state index contributed by atoms with van der Waals surface area (Å²) < 4.78 is 0. The Hall–Kier alpha value is -2.03. The van der Waals surface area contributed by atoms with Crippen LogP contribution in [0.3, 0.4) is 0 Å². The standard InChI is InChI=1S/C15H16N2O/c1-10-6-12(3)14(7-11(10)2)15(18)8-13-9-16-4-5-17-13/h4-7,9H,8H2,1-3H3. The largest absolute Gasteiger partial charge is 0.294 e. The molecular formula is C15H16N2O. The molecular weight excluding hydrogens is 224 g/mol. The second kappa shape index (κ2) is 5.08. The molecule has 1 aromatic heterocycles. The van der Waals surface area contributed by atoms with Gasteiger partial charge >= 0.3 is 0 Å². The predicted molar refractivity (Wildman–Crippen MR) is 70.7 cm³/mol. The average molecular weight is 240 g/mol. The van der Waals surface area contributed by atoms with E-state index in [0.717, 1.165) is 16.7 Å². The minimum atomic E-state index is 0.0936. The number of rotatable bonds is 3. The Kier molecular flexibility index (Phi) is 3.51. The number of hydrogen-bond acceptors (Lipinski definition) is 3. The van der Waals surface area contributed by atoms with Crippen LogP contribution in [0.1, 0.15) is 32.7 Å². The molecule has 1 aromatic carbocycles. The molecule has 1 heterocycles. The molecule has 92 valence electrons. The number of carbonyl (C=O) groups excluding carboxylic acids is 1. The quantitative estimate of drug-likeness (QED) is 0.775. The number of nitrogens with zero attached hydrogens (tertiary/aromatic N) is 2. The molecule has 0 atom stereocenters. The van der Waals surface area contributed by atoms with Gasteiger partial charge in [-0.25, -0.2) is 0 Å². The summed E-state index contributed by atoms with van der Waals surface area (Å²) in [4.78, 5) is 20.3. The Morgan fingerprint density at radius 3 is 2.44 bits per heavy atom. The van der Waals surface area contributed by atoms with Gasteiger partial charge in [-0.3, -0.25) is 14.8 Å². The molecule has 0 N–H and O–H groups in total. The van der Waals surface area contributed by atoms with Gasteiger partial charge in [0, 0.05) is 24.2 Å². The van der Waals surface area contributed by atoms with Crippen LogP contribution in [0.15, 0.2) is 30.7 Å². The number of ketones is 1. The lowest BCUT2D eigenvalue weighted by atomic mass is 9.96. The lowest BCUT2D eigenvalue weighted by molar-refractivity contribution is 0.0991. The molecule has 3 nitrogen and oxygen atoms in total. The van der Waals surface area contributed by atoms with Gasteiger partial charge in [-0.05, 0) is 43.5 Å². The molecule has 0 saturated heterocycles. The highest BCUT2D eigenvalue weighted by Crippen LogP contribution is 2.17. The van der Waals surface area contributed by atoms with Crippen LogP contribution in [-0.4, -0.2) is 15.8 Å². The molecule has 2 rings (SSSR count). The summed E-state index contributed by atoms with van der Waals surface area (Å²) in [6.45, 7) is 6.05. The van der Waals surface area contributed by atoms with E-state index in [4.69, 9.17) is 0 Å². The fourth-order valence-corrected chi connectivity index (χ4v) is 1.94. The van der Waals surface area contributed by atoms with Gasteiger partial charge < -0.3 is 0 Å². The maximum absolute atomic E-state index is 12.2. The second-order valence-corrected chi connectivity index (χ2v) is 4.55. The smallest absolute Gasteiger partial charge is 0.169 e. The lowest BCUT2D eigenvalue weighted by Gasteiger charge is -2.08. The van der Waals surface area contributed by atoms with E-state index in [1.807, 2.05) is 19.9 Å². The number of Topliss-reactive ketones (excluding diaryl/α,β-unsaturated/α-hetero) is 1. The molecule has 0 radical (unpaired) electrons. The van der Waals surface area contributed by atoms with Crippen molar-refractivity contribution in [1.82, 2.24) is 9.97 Å². The van der Waals surface area contributed by atoms with E-state index in [1.165, 1.54) is 5.56 Å². The predicted octanol–water partition coefficient (Wildman–Crippen LogP) is 2.83. The Balaban J connectivity index is 2.27. The Morgan fingerprint density at radius 2 is 1.78 bits per heavy atom. The molecule has 0 amide bonds. The maximum atomic E-state index is 12.2. The van der Waals surface area contributed by atoms with Crippen molar-refractivity contribution >= 4 is 5.78 Å². The van der Waals surface area contributed by atoms with E-state index in [2.05, 4.69) is 23.0 Å². The van der Waals surface area contributed by atoms with Crippen LogP contribution in [0.2, 0.25) is 0 Å². The highest BCUT2D eigenvalue weighted by molar-refractivity contribution is 5.98. The normalized spacial score (nSPS) is 10.4. The summed E-state index contributed by atoms with van der Waals surface area (Å²) in [7, 11) is 0. The van der Waals surface area contributed by atoms with Crippen LogP contribution in [0.5, 0.6) is 0 Å². The number of aryl methyl sites for hydroxylation is 3. The summed E-state index contributed by atoms with van der Waals surface area (Å²) in [5, 5.41) is 0. The minimum Gasteiger partial charge on any atom is -0.294 e. The van der Waals surface area contributed by atoms with Crippen LogP contribution in [0.4, 0.5) is 0 Å². The molecule has 0 saturated carbocycles. The third kappa shape index (κ3) is 2.62. The third-order valence-corrected chi connectivity index (χ3v) is 3.10. The highest BCUT2D eigenvalue weighted by atomic mass is 16.1. The van der Waals surface area contributed by atoms with Gasteiger partial charge in [0.25, 0.3) is 0 Å². The molecule has 0 fully saturated rings. The first kappa shape index (κ1) is 12.4. The molecule has 0 aliphatic heterocycles. The van der Waals surface area contributed by atoms with Crippen molar-refractivity contribution in [2.45, 2.75) is 27.2 Å². The molecule has 0 spiro atoms. The maximum Gasteiger partial charge on any atom is 0.169 e. The molecule has 0 aliphatic rings. The monoisotopic (exact) mass is 240 g/mol. The Labute approximate surface area is 107 Å². The number of benzene rings is 1. The highest BCUT2D eigenvalue weighted by Gasteiger charge is 2.12. The van der Waals surface area contributed by atoms with Crippen LogP contribution in [0, 0.1) is 20.8 Å². The molecule has 0 aliphatic carbocycles. The number of hydrogen-bond donors (Lipinski definition) is 0. The van der Waals surface area contributed by atoms with E-state index in [0.29, 0.717) is 12.1 Å². The average Bonchev–Trinajstić information content (AvgIpc) is 2.35. The van der Waals surface area contributed by atoms with Crippen molar-refractivity contribution < 1.29 is 4.79 Å². The molecule has 0 unspecified atom stereocenters. The van der Waals surface area contributed by atoms with Crippen molar-refractivity contribution in [3.05, 3.63) is 58.7 Å². The second-order valence-electron chi connectivity index (χ2n) is 4.55. The first-order valence-corrected chi connectivity index (χ1v) is 5.94. The van der Waals surface area contributed by atoms with E-state index in [9.17, 15) is 4.79 Å². The van der Waals surface area contributed by atoms with Gasteiger partial charge in [-0.2, -0.15) is 0 Å². The van der Waals surface area contributed by atoms with Crippen LogP contribution in [0.25, 0.3) is 0 Å². The van der Waals surface area contributed by atoms with E-state index >= 15 is 0 Å². The summed E-state index contributed by atoms with van der Waals surface area (Å²) in [5.74, 6) is 0.0936.